The summed E-state index contributed by atoms with van der Waals surface area (Å²) in [7, 11) is 0. The number of alkyl carbamates (subject to hydrolysis) is 1. The van der Waals surface area contributed by atoms with Gasteiger partial charge in [-0.2, -0.15) is 0 Å². The van der Waals surface area contributed by atoms with Gasteiger partial charge in [-0.25, -0.2) is 9.59 Å². The van der Waals surface area contributed by atoms with Crippen LogP contribution in [0.2, 0.25) is 0 Å². The zero-order chi connectivity index (χ0) is 24.2. The summed E-state index contributed by atoms with van der Waals surface area (Å²) in [5.74, 6) is -1.23. The minimum atomic E-state index is -1.00. The molecular formula is C27H28N2O6. The van der Waals surface area contributed by atoms with E-state index in [-0.39, 0.29) is 37.1 Å². The molecule has 35 heavy (non-hydrogen) atoms. The maximum Gasteiger partial charge on any atom is 0.407 e. The molecule has 2 aliphatic carbocycles. The van der Waals surface area contributed by atoms with Crippen LogP contribution < -0.4 is 5.32 Å². The molecule has 2 amide bonds. The van der Waals surface area contributed by atoms with Crippen LogP contribution >= 0.6 is 0 Å². The quantitative estimate of drug-likeness (QED) is 0.664. The molecule has 0 aromatic heterocycles. The molecule has 1 saturated carbocycles. The van der Waals surface area contributed by atoms with Crippen LogP contribution in [0.25, 0.3) is 11.1 Å². The van der Waals surface area contributed by atoms with Gasteiger partial charge in [-0.05, 0) is 41.5 Å². The first kappa shape index (κ1) is 22.1. The summed E-state index contributed by atoms with van der Waals surface area (Å²) in [5.41, 5.74) is 3.84. The van der Waals surface area contributed by atoms with Gasteiger partial charge in [0.1, 0.15) is 12.6 Å². The van der Waals surface area contributed by atoms with Crippen molar-refractivity contribution in [1.29, 1.82) is 0 Å². The number of hydrogen-bond acceptors (Lipinski definition) is 5. The van der Waals surface area contributed by atoms with Crippen molar-refractivity contribution in [2.24, 2.45) is 5.41 Å². The van der Waals surface area contributed by atoms with Crippen LogP contribution in [-0.2, 0) is 19.1 Å². The van der Waals surface area contributed by atoms with E-state index in [0.29, 0.717) is 32.3 Å². The van der Waals surface area contributed by atoms with Crippen molar-refractivity contribution in [3.63, 3.8) is 0 Å². The molecule has 2 saturated heterocycles. The lowest BCUT2D eigenvalue weighted by Gasteiger charge is -2.31. The normalized spacial score (nSPS) is 25.5. The number of nitrogens with one attached hydrogen (secondary N) is 1. The van der Waals surface area contributed by atoms with Gasteiger partial charge in [0.2, 0.25) is 5.91 Å². The van der Waals surface area contributed by atoms with Crippen molar-refractivity contribution in [1.82, 2.24) is 10.2 Å². The third kappa shape index (κ3) is 3.67. The lowest BCUT2D eigenvalue weighted by atomic mass is 9.98. The number of amides is 2. The van der Waals surface area contributed by atoms with Gasteiger partial charge >= 0.3 is 12.1 Å². The van der Waals surface area contributed by atoms with Gasteiger partial charge in [0.25, 0.3) is 0 Å². The fraction of sp³-hybridized carbons (Fsp3) is 0.444. The molecule has 3 fully saturated rings. The highest BCUT2D eigenvalue weighted by molar-refractivity contribution is 5.91. The highest BCUT2D eigenvalue weighted by Gasteiger charge is 2.58. The summed E-state index contributed by atoms with van der Waals surface area (Å²) in [6.07, 6.45) is 1.43. The molecule has 0 bridgehead atoms. The molecule has 8 heteroatoms. The molecule has 8 nitrogen and oxygen atoms in total. The van der Waals surface area contributed by atoms with E-state index in [0.717, 1.165) is 22.3 Å². The number of nitrogens with zero attached hydrogens (tertiary/aromatic N) is 1. The second-order valence-corrected chi connectivity index (χ2v) is 10.0. The van der Waals surface area contributed by atoms with Crippen LogP contribution in [0.3, 0.4) is 0 Å². The molecular weight excluding hydrogens is 448 g/mol. The Balaban J connectivity index is 1.09. The number of fused-ring (bicyclic) bond motifs is 4. The van der Waals surface area contributed by atoms with Gasteiger partial charge in [-0.1, -0.05) is 48.5 Å². The zero-order valence-corrected chi connectivity index (χ0v) is 19.3. The minimum Gasteiger partial charge on any atom is -0.480 e. The fourth-order valence-corrected chi connectivity index (χ4v) is 6.04. The molecule has 3 atom stereocenters. The number of carboxylic acids is 1. The largest absolute Gasteiger partial charge is 0.480 e. The molecule has 0 radical (unpaired) electrons. The Bertz CT molecular complexity index is 1150. The van der Waals surface area contributed by atoms with Gasteiger partial charge < -0.3 is 24.8 Å². The van der Waals surface area contributed by atoms with E-state index in [2.05, 4.69) is 29.6 Å². The average Bonchev–Trinajstić information content (AvgIpc) is 3.21. The molecule has 2 aromatic rings. The van der Waals surface area contributed by atoms with Crippen LogP contribution in [-0.4, -0.2) is 65.9 Å². The molecule has 2 heterocycles. The maximum atomic E-state index is 13.5. The van der Waals surface area contributed by atoms with Gasteiger partial charge in [-0.3, -0.25) is 4.79 Å². The van der Waals surface area contributed by atoms with Gasteiger partial charge in [0, 0.05) is 25.5 Å². The number of likely N-dealkylation sites (tertiary alicyclic amines) is 1. The Kier molecular flexibility index (Phi) is 5.29. The molecule has 6 rings (SSSR count). The molecule has 0 spiro atoms. The second-order valence-electron chi connectivity index (χ2n) is 10.0. The van der Waals surface area contributed by atoms with Crippen molar-refractivity contribution < 1.29 is 29.0 Å². The van der Waals surface area contributed by atoms with E-state index in [1.807, 2.05) is 24.3 Å². The molecule has 2 N–H and O–H groups in total. The van der Waals surface area contributed by atoms with Gasteiger partial charge in [0.15, 0.2) is 0 Å². The van der Waals surface area contributed by atoms with E-state index in [1.54, 1.807) is 0 Å². The second kappa shape index (κ2) is 8.37. The van der Waals surface area contributed by atoms with E-state index in [9.17, 15) is 19.5 Å². The summed E-state index contributed by atoms with van der Waals surface area (Å²) in [6.45, 7) is 0.884. The van der Waals surface area contributed by atoms with Crippen molar-refractivity contribution in [2.75, 3.05) is 19.8 Å². The Morgan fingerprint density at radius 3 is 2.34 bits per heavy atom. The highest BCUT2D eigenvalue weighted by atomic mass is 16.5. The number of carbonyl (C=O) groups excluding carboxylic acids is 2. The van der Waals surface area contributed by atoms with E-state index in [4.69, 9.17) is 9.47 Å². The van der Waals surface area contributed by atoms with Crippen LogP contribution in [0, 0.1) is 5.41 Å². The van der Waals surface area contributed by atoms with Crippen molar-refractivity contribution in [2.45, 2.75) is 49.8 Å². The van der Waals surface area contributed by atoms with Crippen molar-refractivity contribution >= 4 is 18.0 Å². The molecule has 3 unspecified atom stereocenters. The van der Waals surface area contributed by atoms with Crippen LogP contribution in [0.4, 0.5) is 4.79 Å². The summed E-state index contributed by atoms with van der Waals surface area (Å²) in [6, 6.07) is 15.2. The molecule has 2 aromatic carbocycles. The van der Waals surface area contributed by atoms with Crippen molar-refractivity contribution in [3.05, 3.63) is 59.7 Å². The number of carbonyl (C=O) groups is 3. The lowest BCUT2D eigenvalue weighted by molar-refractivity contribution is -0.152. The number of ether oxygens (including phenoxy) is 2. The first-order valence-corrected chi connectivity index (χ1v) is 12.2. The third-order valence-electron chi connectivity index (χ3n) is 8.06. The van der Waals surface area contributed by atoms with E-state index in [1.165, 1.54) is 4.90 Å². The summed E-state index contributed by atoms with van der Waals surface area (Å²) < 4.78 is 11.3. The SMILES string of the molecule is O=C(NCC1(C(=O)N2C(C(=O)O)CC3OCCC32)CC1)OCC1c2ccccc2-c2ccccc21. The number of rotatable bonds is 6. The number of aliphatic carboxylic acids is 1. The summed E-state index contributed by atoms with van der Waals surface area (Å²) >= 11 is 0. The van der Waals surface area contributed by atoms with Crippen LogP contribution in [0.1, 0.15) is 42.7 Å². The molecule has 4 aliphatic rings. The van der Waals surface area contributed by atoms with Crippen LogP contribution in [0.15, 0.2) is 48.5 Å². The zero-order valence-electron chi connectivity index (χ0n) is 19.3. The number of carboxylic acid groups (broad SMARTS) is 1. The van der Waals surface area contributed by atoms with E-state index >= 15 is 0 Å². The fourth-order valence-electron chi connectivity index (χ4n) is 6.04. The standard InChI is InChI=1S/C27H28N2O6/c30-24(31)22-13-23-21(9-12-34-23)29(22)25(32)27(10-11-27)15-28-26(33)35-14-20-18-7-3-1-5-16(18)17-6-2-4-8-19(17)20/h1-8,20-23H,9-15H2,(H,28,33)(H,30,31). The Morgan fingerprint density at radius 1 is 1.06 bits per heavy atom. The predicted octanol–water partition coefficient (Wildman–Crippen LogP) is 3.15. The lowest BCUT2D eigenvalue weighted by Crippen LogP contribution is -2.51. The molecule has 182 valence electrons. The highest BCUT2D eigenvalue weighted by Crippen LogP contribution is 2.49. The Morgan fingerprint density at radius 2 is 1.71 bits per heavy atom. The van der Waals surface area contributed by atoms with Gasteiger partial charge in [0.05, 0.1) is 17.6 Å². The van der Waals surface area contributed by atoms with Gasteiger partial charge in [-0.15, -0.1) is 0 Å². The maximum absolute atomic E-state index is 13.5. The van der Waals surface area contributed by atoms with E-state index < -0.39 is 23.5 Å². The average molecular weight is 477 g/mol. The minimum absolute atomic E-state index is 0.0371. The number of benzene rings is 2. The monoisotopic (exact) mass is 476 g/mol. The summed E-state index contributed by atoms with van der Waals surface area (Å²) in [5, 5.41) is 12.4. The Hall–Kier alpha value is -3.39. The summed E-state index contributed by atoms with van der Waals surface area (Å²) in [4.78, 5) is 39.4. The number of hydrogen-bond donors (Lipinski definition) is 2. The van der Waals surface area contributed by atoms with Crippen molar-refractivity contribution in [3.8, 4) is 11.1 Å². The first-order chi connectivity index (χ1) is 17.0. The Labute approximate surface area is 203 Å². The topological polar surface area (TPSA) is 105 Å². The third-order valence-corrected chi connectivity index (χ3v) is 8.06. The smallest absolute Gasteiger partial charge is 0.407 e. The first-order valence-electron chi connectivity index (χ1n) is 12.2. The molecule has 2 aliphatic heterocycles. The van der Waals surface area contributed by atoms with Crippen LogP contribution in [0.5, 0.6) is 0 Å². The predicted molar refractivity (Wildman–Crippen MR) is 126 cm³/mol.